The van der Waals surface area contributed by atoms with E-state index in [1.807, 2.05) is 30.3 Å². The minimum Gasteiger partial charge on any atom is -0.503 e. The number of hydrogen-bond donors (Lipinski definition) is 3. The maximum Gasteiger partial charge on any atom is 0.283 e. The number of nitrogens with zero attached hydrogens (tertiary/aromatic N) is 1. The van der Waals surface area contributed by atoms with Gasteiger partial charge in [-0.05, 0) is 41.0 Å². The lowest BCUT2D eigenvalue weighted by atomic mass is 10.2. The zero-order valence-electron chi connectivity index (χ0n) is 15.5. The van der Waals surface area contributed by atoms with Crippen molar-refractivity contribution in [2.75, 3.05) is 0 Å². The largest absolute Gasteiger partial charge is 0.503 e. The number of carbonyl (C=O) groups excluding carboxylic acids is 1. The van der Waals surface area contributed by atoms with Crippen molar-refractivity contribution < 1.29 is 18.3 Å². The van der Waals surface area contributed by atoms with E-state index in [2.05, 4.69) is 5.32 Å². The SMILES string of the molecule is NC(=O)C(O)=Cc1ccn(S(=O)(=O)c2ccc(CNCc3ccccc3)cc2)c1. The summed E-state index contributed by atoms with van der Waals surface area (Å²) in [4.78, 5) is 11.0. The monoisotopic (exact) mass is 411 g/mol. The Labute approximate surface area is 169 Å². The third kappa shape index (κ3) is 5.13. The Morgan fingerprint density at radius 2 is 1.62 bits per heavy atom. The molecule has 0 spiro atoms. The molecule has 4 N–H and O–H groups in total. The van der Waals surface area contributed by atoms with Gasteiger partial charge in [0.1, 0.15) is 0 Å². The lowest BCUT2D eigenvalue weighted by Gasteiger charge is -2.08. The number of aliphatic hydroxyl groups is 1. The first-order chi connectivity index (χ1) is 13.9. The number of carbonyl (C=O) groups is 1. The molecule has 7 nitrogen and oxygen atoms in total. The standard InChI is InChI=1S/C21H21N3O4S/c22-21(26)20(25)12-18-10-11-24(15-18)29(27,28)19-8-6-17(7-9-19)14-23-13-16-4-2-1-3-5-16/h1-12,15,23,25H,13-14H2,(H2,22,26). The second-order valence-electron chi connectivity index (χ2n) is 6.41. The van der Waals surface area contributed by atoms with Crippen molar-refractivity contribution in [1.29, 1.82) is 0 Å². The van der Waals surface area contributed by atoms with Gasteiger partial charge in [0.25, 0.3) is 15.9 Å². The molecule has 0 unspecified atom stereocenters. The Morgan fingerprint density at radius 1 is 1.00 bits per heavy atom. The number of aliphatic hydroxyl groups excluding tert-OH is 1. The third-order valence-corrected chi connectivity index (χ3v) is 5.90. The van der Waals surface area contributed by atoms with Gasteiger partial charge in [0.2, 0.25) is 0 Å². The highest BCUT2D eigenvalue weighted by molar-refractivity contribution is 7.90. The lowest BCUT2D eigenvalue weighted by Crippen LogP contribution is -2.14. The van der Waals surface area contributed by atoms with E-state index in [4.69, 9.17) is 5.73 Å². The van der Waals surface area contributed by atoms with Gasteiger partial charge >= 0.3 is 0 Å². The van der Waals surface area contributed by atoms with Gasteiger partial charge in [0.05, 0.1) is 4.90 Å². The lowest BCUT2D eigenvalue weighted by molar-refractivity contribution is -0.116. The molecule has 0 bridgehead atoms. The molecule has 0 fully saturated rings. The summed E-state index contributed by atoms with van der Waals surface area (Å²) in [5.41, 5.74) is 7.43. The first-order valence-corrected chi connectivity index (χ1v) is 10.3. The zero-order valence-corrected chi connectivity index (χ0v) is 16.3. The molecular formula is C21H21N3O4S. The predicted octanol–water partition coefficient (Wildman–Crippen LogP) is 2.40. The van der Waals surface area contributed by atoms with Crippen molar-refractivity contribution in [2.45, 2.75) is 18.0 Å². The van der Waals surface area contributed by atoms with Gasteiger partial charge in [-0.15, -0.1) is 0 Å². The number of nitrogens with one attached hydrogen (secondary N) is 1. The van der Waals surface area contributed by atoms with Gasteiger partial charge in [-0.1, -0.05) is 42.5 Å². The fraction of sp³-hybridized carbons (Fsp3) is 0.0952. The highest BCUT2D eigenvalue weighted by Crippen LogP contribution is 2.17. The molecule has 1 heterocycles. The number of hydrogen-bond acceptors (Lipinski definition) is 5. The number of primary amides is 1. The maximum absolute atomic E-state index is 12.7. The van der Waals surface area contributed by atoms with Gasteiger partial charge in [-0.2, -0.15) is 0 Å². The fourth-order valence-electron chi connectivity index (χ4n) is 2.70. The summed E-state index contributed by atoms with van der Waals surface area (Å²) in [5.74, 6) is -1.63. The van der Waals surface area contributed by atoms with Gasteiger partial charge < -0.3 is 16.2 Å². The molecule has 0 saturated carbocycles. The van der Waals surface area contributed by atoms with Crippen molar-refractivity contribution in [3.05, 3.63) is 95.5 Å². The average molecular weight is 411 g/mol. The molecule has 1 amide bonds. The topological polar surface area (TPSA) is 114 Å². The number of rotatable bonds is 8. The maximum atomic E-state index is 12.7. The number of amides is 1. The molecule has 0 saturated heterocycles. The molecule has 3 rings (SSSR count). The van der Waals surface area contributed by atoms with Crippen LogP contribution in [-0.4, -0.2) is 23.4 Å². The van der Waals surface area contributed by atoms with E-state index < -0.39 is 21.7 Å². The number of aromatic nitrogens is 1. The minimum absolute atomic E-state index is 0.134. The van der Waals surface area contributed by atoms with E-state index in [9.17, 15) is 18.3 Å². The molecule has 150 valence electrons. The smallest absolute Gasteiger partial charge is 0.283 e. The molecule has 0 aliphatic heterocycles. The van der Waals surface area contributed by atoms with Crippen LogP contribution in [0.1, 0.15) is 16.7 Å². The zero-order chi connectivity index (χ0) is 20.9. The molecule has 2 aromatic carbocycles. The van der Waals surface area contributed by atoms with Crippen LogP contribution >= 0.6 is 0 Å². The summed E-state index contributed by atoms with van der Waals surface area (Å²) in [5, 5.41) is 12.7. The van der Waals surface area contributed by atoms with E-state index in [1.54, 1.807) is 24.3 Å². The van der Waals surface area contributed by atoms with Crippen molar-refractivity contribution in [1.82, 2.24) is 9.29 Å². The molecule has 1 aromatic heterocycles. The normalized spacial score (nSPS) is 12.1. The van der Waals surface area contributed by atoms with Crippen LogP contribution in [0.3, 0.4) is 0 Å². The highest BCUT2D eigenvalue weighted by Gasteiger charge is 2.16. The summed E-state index contributed by atoms with van der Waals surface area (Å²) in [7, 11) is -3.79. The van der Waals surface area contributed by atoms with Gasteiger partial charge in [-0.25, -0.2) is 12.4 Å². The van der Waals surface area contributed by atoms with Crippen molar-refractivity contribution in [3.8, 4) is 0 Å². The predicted molar refractivity (Wildman–Crippen MR) is 110 cm³/mol. The highest BCUT2D eigenvalue weighted by atomic mass is 32.2. The molecule has 0 aliphatic carbocycles. The van der Waals surface area contributed by atoms with E-state index in [-0.39, 0.29) is 4.90 Å². The average Bonchev–Trinajstić information content (AvgIpc) is 3.18. The van der Waals surface area contributed by atoms with Crippen molar-refractivity contribution >= 4 is 22.0 Å². The van der Waals surface area contributed by atoms with E-state index in [1.165, 1.54) is 24.0 Å². The van der Waals surface area contributed by atoms with E-state index in [0.29, 0.717) is 12.1 Å². The molecule has 0 aliphatic rings. The Morgan fingerprint density at radius 3 is 2.24 bits per heavy atom. The molecule has 29 heavy (non-hydrogen) atoms. The second-order valence-corrected chi connectivity index (χ2v) is 8.25. The molecule has 8 heteroatoms. The second kappa shape index (κ2) is 8.76. The summed E-state index contributed by atoms with van der Waals surface area (Å²) >= 11 is 0. The summed E-state index contributed by atoms with van der Waals surface area (Å²) in [6.45, 7) is 1.33. The van der Waals surface area contributed by atoms with E-state index in [0.717, 1.165) is 22.2 Å². The Bertz CT molecular complexity index is 1120. The van der Waals surface area contributed by atoms with Crippen LogP contribution < -0.4 is 11.1 Å². The third-order valence-electron chi connectivity index (χ3n) is 4.25. The summed E-state index contributed by atoms with van der Waals surface area (Å²) in [6, 6.07) is 18.1. The van der Waals surface area contributed by atoms with Crippen molar-refractivity contribution in [2.24, 2.45) is 5.73 Å². The Kier molecular flexibility index (Phi) is 6.16. The fourth-order valence-corrected chi connectivity index (χ4v) is 3.91. The first-order valence-electron chi connectivity index (χ1n) is 8.84. The summed E-state index contributed by atoms with van der Waals surface area (Å²) < 4.78 is 26.5. The van der Waals surface area contributed by atoms with Crippen LogP contribution in [0.15, 0.2) is 83.7 Å². The van der Waals surface area contributed by atoms with Gasteiger partial charge in [0, 0.05) is 25.5 Å². The quantitative estimate of drug-likeness (QED) is 0.389. The van der Waals surface area contributed by atoms with Gasteiger partial charge in [0.15, 0.2) is 5.76 Å². The van der Waals surface area contributed by atoms with Crippen LogP contribution in [0.4, 0.5) is 0 Å². The van der Waals surface area contributed by atoms with E-state index >= 15 is 0 Å². The first kappa shape index (κ1) is 20.4. The van der Waals surface area contributed by atoms with Crippen LogP contribution in [0, 0.1) is 0 Å². The summed E-state index contributed by atoms with van der Waals surface area (Å²) in [6.07, 6.45) is 3.74. The molecule has 0 radical (unpaired) electrons. The van der Waals surface area contributed by atoms with Crippen LogP contribution in [0.25, 0.3) is 6.08 Å². The molecular weight excluding hydrogens is 390 g/mol. The van der Waals surface area contributed by atoms with Crippen molar-refractivity contribution in [3.63, 3.8) is 0 Å². The molecule has 3 aromatic rings. The molecule has 0 atom stereocenters. The number of nitrogens with two attached hydrogens (primary N) is 1. The van der Waals surface area contributed by atoms with Crippen LogP contribution in [0.5, 0.6) is 0 Å². The Balaban J connectivity index is 1.68. The minimum atomic E-state index is -3.79. The van der Waals surface area contributed by atoms with Gasteiger partial charge in [-0.3, -0.25) is 4.79 Å². The van der Waals surface area contributed by atoms with Crippen LogP contribution in [0.2, 0.25) is 0 Å². The van der Waals surface area contributed by atoms with Crippen LogP contribution in [-0.2, 0) is 27.9 Å². The number of benzene rings is 2. The Hall–Kier alpha value is -3.36.